The first-order chi connectivity index (χ1) is 18.8. The Morgan fingerprint density at radius 2 is 1.85 bits per heavy atom. The highest BCUT2D eigenvalue weighted by molar-refractivity contribution is 5.95. The van der Waals surface area contributed by atoms with E-state index < -0.39 is 6.09 Å². The number of nitrogens with zero attached hydrogens (tertiary/aromatic N) is 2. The number of benzene rings is 3. The average Bonchev–Trinajstić information content (AvgIpc) is 3.34. The van der Waals surface area contributed by atoms with Crippen LogP contribution in [0.5, 0.6) is 5.75 Å². The van der Waals surface area contributed by atoms with Gasteiger partial charge in [0, 0.05) is 35.5 Å². The third-order valence-electron chi connectivity index (χ3n) is 6.11. The molecule has 0 saturated carbocycles. The zero-order valence-electron chi connectivity index (χ0n) is 21.9. The lowest BCUT2D eigenvalue weighted by Crippen LogP contribution is -2.41. The Morgan fingerprint density at radius 1 is 1.10 bits per heavy atom. The van der Waals surface area contributed by atoms with E-state index in [1.165, 1.54) is 0 Å². The number of amides is 1. The number of aromatic amines is 1. The fraction of sp³-hybridized carbons (Fsp3) is 0.241. The van der Waals surface area contributed by atoms with E-state index in [2.05, 4.69) is 15.3 Å². The number of nitrogens with one attached hydrogen (secondary N) is 3. The summed E-state index contributed by atoms with van der Waals surface area (Å²) in [6, 6.07) is 21.4. The maximum Gasteiger partial charge on any atom is 0.420 e. The van der Waals surface area contributed by atoms with Gasteiger partial charge in [-0.2, -0.15) is 0 Å². The molecule has 4 aromatic rings. The van der Waals surface area contributed by atoms with E-state index in [0.717, 1.165) is 16.7 Å². The standard InChI is InChI=1S/C29H32N6O4/c1-3-38-27(36)16-9-19(2)35(22-7-5-4-6-8-22)29(37)39-23-14-15-24-25(17-23)34-26(33-24)18-32-21-12-10-20(11-13-21)28(30)31/h4-8,10-15,17,19,32H,3,9,16,18H2,1-2H3,(H3,30,31)(H,33,34). The normalized spacial score (nSPS) is 11.5. The molecule has 1 heterocycles. The lowest BCUT2D eigenvalue weighted by Gasteiger charge is -2.28. The number of fused-ring (bicyclic) bond motifs is 1. The molecule has 39 heavy (non-hydrogen) atoms. The average molecular weight is 529 g/mol. The number of rotatable bonds is 11. The highest BCUT2D eigenvalue weighted by atomic mass is 16.6. The van der Waals surface area contributed by atoms with Crippen LogP contribution in [0.2, 0.25) is 0 Å². The molecule has 0 aliphatic carbocycles. The Labute approximate surface area is 226 Å². The van der Waals surface area contributed by atoms with E-state index in [-0.39, 0.29) is 24.3 Å². The minimum absolute atomic E-state index is 0.0216. The maximum absolute atomic E-state index is 13.3. The van der Waals surface area contributed by atoms with Gasteiger partial charge in [0.1, 0.15) is 17.4 Å². The van der Waals surface area contributed by atoms with E-state index in [1.54, 1.807) is 42.2 Å². The molecule has 0 saturated heterocycles. The smallest absolute Gasteiger partial charge is 0.420 e. The van der Waals surface area contributed by atoms with Crippen molar-refractivity contribution in [3.63, 3.8) is 0 Å². The van der Waals surface area contributed by atoms with Crippen LogP contribution in [0.15, 0.2) is 72.8 Å². The molecule has 0 aliphatic rings. The number of para-hydroxylation sites is 1. The van der Waals surface area contributed by atoms with Gasteiger partial charge in [0.2, 0.25) is 0 Å². The Hall–Kier alpha value is -4.86. The molecule has 0 fully saturated rings. The number of amidine groups is 1. The second-order valence-electron chi connectivity index (χ2n) is 8.97. The zero-order chi connectivity index (χ0) is 27.8. The summed E-state index contributed by atoms with van der Waals surface area (Å²) in [6.07, 6.45) is 0.0759. The predicted octanol–water partition coefficient (Wildman–Crippen LogP) is 5.20. The van der Waals surface area contributed by atoms with Gasteiger partial charge in [-0.05, 0) is 68.8 Å². The van der Waals surface area contributed by atoms with Gasteiger partial charge in [-0.25, -0.2) is 9.78 Å². The Kier molecular flexibility index (Phi) is 8.78. The Morgan fingerprint density at radius 3 is 2.54 bits per heavy atom. The first-order valence-electron chi connectivity index (χ1n) is 12.7. The number of ether oxygens (including phenoxy) is 2. The minimum Gasteiger partial charge on any atom is -0.466 e. The molecule has 5 N–H and O–H groups in total. The second-order valence-corrected chi connectivity index (χ2v) is 8.97. The summed E-state index contributed by atoms with van der Waals surface area (Å²) in [4.78, 5) is 34.6. The lowest BCUT2D eigenvalue weighted by atomic mass is 10.1. The molecule has 10 heteroatoms. The summed E-state index contributed by atoms with van der Waals surface area (Å²) in [5.74, 6) is 0.804. The van der Waals surface area contributed by atoms with Gasteiger partial charge in [0.05, 0.1) is 24.2 Å². The highest BCUT2D eigenvalue weighted by Crippen LogP contribution is 2.24. The number of carbonyl (C=O) groups excluding carboxylic acids is 2. The molecule has 202 valence electrons. The van der Waals surface area contributed by atoms with Crippen molar-refractivity contribution in [3.8, 4) is 5.75 Å². The van der Waals surface area contributed by atoms with Crippen LogP contribution in [-0.2, 0) is 16.1 Å². The lowest BCUT2D eigenvalue weighted by molar-refractivity contribution is -0.143. The quantitative estimate of drug-likeness (QED) is 0.119. The fourth-order valence-corrected chi connectivity index (χ4v) is 4.11. The number of nitrogen functional groups attached to an aromatic ring is 1. The number of hydrogen-bond donors (Lipinski definition) is 4. The van der Waals surface area contributed by atoms with E-state index in [4.69, 9.17) is 20.6 Å². The molecule has 1 aromatic heterocycles. The molecule has 0 bridgehead atoms. The molecule has 10 nitrogen and oxygen atoms in total. The summed E-state index contributed by atoms with van der Waals surface area (Å²) in [6.45, 7) is 4.40. The van der Waals surface area contributed by atoms with Gasteiger partial charge in [-0.15, -0.1) is 0 Å². The van der Waals surface area contributed by atoms with Crippen LogP contribution in [-0.4, -0.2) is 40.5 Å². The van der Waals surface area contributed by atoms with Gasteiger partial charge in [0.15, 0.2) is 0 Å². The zero-order valence-corrected chi connectivity index (χ0v) is 21.9. The largest absolute Gasteiger partial charge is 0.466 e. The number of carbonyl (C=O) groups is 2. The van der Waals surface area contributed by atoms with E-state index >= 15 is 0 Å². The number of aromatic nitrogens is 2. The second kappa shape index (κ2) is 12.6. The number of H-pyrrole nitrogens is 1. The first kappa shape index (κ1) is 27.2. The minimum atomic E-state index is -0.549. The van der Waals surface area contributed by atoms with Crippen molar-refractivity contribution in [2.24, 2.45) is 5.73 Å². The number of anilines is 2. The van der Waals surface area contributed by atoms with Crippen molar-refractivity contribution in [3.05, 3.63) is 84.2 Å². The van der Waals surface area contributed by atoms with Crippen LogP contribution in [0.3, 0.4) is 0 Å². The number of hydrogen-bond acceptors (Lipinski definition) is 7. The van der Waals surface area contributed by atoms with Gasteiger partial charge in [-0.3, -0.25) is 15.1 Å². The summed E-state index contributed by atoms with van der Waals surface area (Å²) in [5, 5.41) is 10.8. The van der Waals surface area contributed by atoms with Crippen molar-refractivity contribution in [2.75, 3.05) is 16.8 Å². The number of esters is 1. The van der Waals surface area contributed by atoms with E-state index in [1.807, 2.05) is 49.4 Å². The van der Waals surface area contributed by atoms with Crippen LogP contribution in [0.25, 0.3) is 11.0 Å². The molecule has 0 aliphatic heterocycles. The molecule has 1 amide bonds. The Bertz CT molecular complexity index is 1440. The third kappa shape index (κ3) is 7.13. The molecule has 1 atom stereocenters. The molecule has 3 aromatic carbocycles. The molecular weight excluding hydrogens is 496 g/mol. The number of nitrogens with two attached hydrogens (primary N) is 1. The number of imidazole rings is 1. The fourth-order valence-electron chi connectivity index (χ4n) is 4.11. The SMILES string of the molecule is CCOC(=O)CCC(C)N(C(=O)Oc1ccc2nc(CNc3ccc(C(=N)N)cc3)[nH]c2c1)c1ccccc1. The van der Waals surface area contributed by atoms with E-state index in [0.29, 0.717) is 42.4 Å². The summed E-state index contributed by atoms with van der Waals surface area (Å²) in [5.41, 5.74) is 9.17. The monoisotopic (exact) mass is 528 g/mol. The van der Waals surface area contributed by atoms with Gasteiger partial charge >= 0.3 is 12.1 Å². The van der Waals surface area contributed by atoms with Crippen LogP contribution < -0.4 is 20.7 Å². The van der Waals surface area contributed by atoms with Crippen molar-refractivity contribution in [2.45, 2.75) is 39.3 Å². The van der Waals surface area contributed by atoms with Crippen molar-refractivity contribution < 1.29 is 19.1 Å². The third-order valence-corrected chi connectivity index (χ3v) is 6.11. The van der Waals surface area contributed by atoms with E-state index in [9.17, 15) is 9.59 Å². The molecule has 0 spiro atoms. The summed E-state index contributed by atoms with van der Waals surface area (Å²) in [7, 11) is 0. The molecule has 0 radical (unpaired) electrons. The van der Waals surface area contributed by atoms with Gasteiger partial charge in [0.25, 0.3) is 0 Å². The molecule has 4 rings (SSSR count). The van der Waals surface area contributed by atoms with Crippen LogP contribution >= 0.6 is 0 Å². The van der Waals surface area contributed by atoms with Gasteiger partial charge < -0.3 is 25.5 Å². The molecular formula is C29H32N6O4. The highest BCUT2D eigenvalue weighted by Gasteiger charge is 2.25. The summed E-state index contributed by atoms with van der Waals surface area (Å²) < 4.78 is 10.8. The maximum atomic E-state index is 13.3. The predicted molar refractivity (Wildman–Crippen MR) is 151 cm³/mol. The van der Waals surface area contributed by atoms with Crippen LogP contribution in [0.4, 0.5) is 16.2 Å². The molecule has 1 unspecified atom stereocenters. The van der Waals surface area contributed by atoms with Crippen molar-refractivity contribution in [1.82, 2.24) is 9.97 Å². The van der Waals surface area contributed by atoms with Crippen LogP contribution in [0.1, 0.15) is 38.1 Å². The Balaban J connectivity index is 1.44. The van der Waals surface area contributed by atoms with Crippen molar-refractivity contribution in [1.29, 1.82) is 5.41 Å². The topological polar surface area (TPSA) is 146 Å². The van der Waals surface area contributed by atoms with Crippen LogP contribution in [0, 0.1) is 5.41 Å². The van der Waals surface area contributed by atoms with Crippen molar-refractivity contribution >= 4 is 40.3 Å². The summed E-state index contributed by atoms with van der Waals surface area (Å²) >= 11 is 0. The first-order valence-corrected chi connectivity index (χ1v) is 12.7. The van der Waals surface area contributed by atoms with Gasteiger partial charge in [-0.1, -0.05) is 18.2 Å².